The molecule has 160 valence electrons. The van der Waals surface area contributed by atoms with Gasteiger partial charge in [0, 0.05) is 36.7 Å². The van der Waals surface area contributed by atoms with Gasteiger partial charge in [-0.15, -0.1) is 0 Å². The zero-order valence-corrected chi connectivity index (χ0v) is 18.0. The van der Waals surface area contributed by atoms with Crippen molar-refractivity contribution < 1.29 is 4.74 Å². The van der Waals surface area contributed by atoms with Crippen LogP contribution in [0.2, 0.25) is 0 Å². The number of benzene rings is 1. The number of hydrogen-bond donors (Lipinski definition) is 3. The molecule has 0 aliphatic carbocycles. The van der Waals surface area contributed by atoms with Crippen LogP contribution in [0.25, 0.3) is 5.70 Å². The van der Waals surface area contributed by atoms with Crippen LogP contribution in [0.3, 0.4) is 0 Å². The van der Waals surface area contributed by atoms with Crippen LogP contribution in [0.15, 0.2) is 60.1 Å². The lowest BCUT2D eigenvalue weighted by Gasteiger charge is -2.20. The normalized spacial score (nSPS) is 20.3. The first-order valence-corrected chi connectivity index (χ1v) is 10.6. The van der Waals surface area contributed by atoms with E-state index in [9.17, 15) is 0 Å². The molecular weight excluding hydrogens is 374 g/mol. The number of aromatic nitrogens is 2. The minimum atomic E-state index is 0.358. The Morgan fingerprint density at radius 1 is 1.20 bits per heavy atom. The molecule has 1 aliphatic heterocycles. The molecule has 6 nitrogen and oxygen atoms in total. The van der Waals surface area contributed by atoms with Gasteiger partial charge in [0.05, 0.1) is 12.3 Å². The molecule has 6 heteroatoms. The number of hydrogen-bond acceptors (Lipinski definition) is 6. The summed E-state index contributed by atoms with van der Waals surface area (Å²) < 4.78 is 6.02. The van der Waals surface area contributed by atoms with Gasteiger partial charge in [0.1, 0.15) is 0 Å². The molecule has 1 aromatic carbocycles. The van der Waals surface area contributed by atoms with E-state index in [2.05, 4.69) is 46.5 Å². The third-order valence-corrected chi connectivity index (χ3v) is 5.44. The summed E-state index contributed by atoms with van der Waals surface area (Å²) in [6.07, 6.45) is 8.05. The van der Waals surface area contributed by atoms with Gasteiger partial charge in [-0.25, -0.2) is 9.97 Å². The van der Waals surface area contributed by atoms with Crippen LogP contribution < -0.4 is 16.8 Å². The molecule has 0 amide bonds. The number of rotatable bonds is 9. The maximum atomic E-state index is 6.30. The van der Waals surface area contributed by atoms with Crippen molar-refractivity contribution in [3.8, 4) is 0 Å². The van der Waals surface area contributed by atoms with Gasteiger partial charge in [-0.05, 0) is 62.9 Å². The lowest BCUT2D eigenvalue weighted by molar-refractivity contribution is 0.110. The fourth-order valence-corrected chi connectivity index (χ4v) is 3.87. The lowest BCUT2D eigenvalue weighted by Crippen LogP contribution is -2.31. The summed E-state index contributed by atoms with van der Waals surface area (Å²) in [5.74, 6) is 1.04. The van der Waals surface area contributed by atoms with Gasteiger partial charge < -0.3 is 21.5 Å². The van der Waals surface area contributed by atoms with Gasteiger partial charge in [-0.2, -0.15) is 0 Å². The van der Waals surface area contributed by atoms with Crippen LogP contribution in [-0.2, 0) is 4.74 Å². The summed E-state index contributed by atoms with van der Waals surface area (Å²) >= 11 is 0. The predicted molar refractivity (Wildman–Crippen MR) is 121 cm³/mol. The van der Waals surface area contributed by atoms with E-state index in [0.717, 1.165) is 31.4 Å². The highest BCUT2D eigenvalue weighted by Gasteiger charge is 2.28. The molecule has 2 heterocycles. The van der Waals surface area contributed by atoms with E-state index in [4.69, 9.17) is 16.2 Å². The maximum absolute atomic E-state index is 6.30. The molecule has 0 saturated carbocycles. The standard InChI is InChI=1S/C24H33N5O/c1-17-6-8-19(9-7-17)21-10-13-27-22(21)16-30-14-3-5-20(15-18(2)25)23(26)24-28-11-4-12-29-24/h4,6-9,11-12,15,21-22,27H,3,5,10,13-14,16,25-26H2,1-2H3/b18-15-,23-20-/t21-,22?/m1/s1. The Hall–Kier alpha value is -2.70. The Kier molecular flexibility index (Phi) is 7.99. The number of aryl methyl sites for hydroxylation is 1. The third kappa shape index (κ3) is 6.15. The fraction of sp³-hybridized carbons (Fsp3) is 0.417. The number of nitrogens with one attached hydrogen (secondary N) is 1. The number of nitrogens with zero attached hydrogens (tertiary/aromatic N) is 2. The molecular formula is C24H33N5O. The summed E-state index contributed by atoms with van der Waals surface area (Å²) in [6.45, 7) is 6.39. The van der Waals surface area contributed by atoms with E-state index in [0.29, 0.717) is 42.4 Å². The van der Waals surface area contributed by atoms with Gasteiger partial charge in [-0.3, -0.25) is 0 Å². The highest BCUT2D eigenvalue weighted by atomic mass is 16.5. The van der Waals surface area contributed by atoms with Gasteiger partial charge in [0.25, 0.3) is 0 Å². The Morgan fingerprint density at radius 3 is 2.63 bits per heavy atom. The first kappa shape index (κ1) is 22.0. The van der Waals surface area contributed by atoms with Gasteiger partial charge in [0.15, 0.2) is 5.82 Å². The molecule has 1 aromatic heterocycles. The molecule has 0 bridgehead atoms. The number of ether oxygens (including phenoxy) is 1. The fourth-order valence-electron chi connectivity index (χ4n) is 3.87. The van der Waals surface area contributed by atoms with Crippen molar-refractivity contribution in [2.45, 2.75) is 45.1 Å². The van der Waals surface area contributed by atoms with Crippen LogP contribution in [-0.4, -0.2) is 35.8 Å². The molecule has 2 aromatic rings. The molecule has 3 rings (SSSR count). The molecule has 30 heavy (non-hydrogen) atoms. The van der Waals surface area contributed by atoms with Gasteiger partial charge in [-0.1, -0.05) is 29.8 Å². The van der Waals surface area contributed by atoms with E-state index in [1.807, 2.05) is 13.0 Å². The second-order valence-electron chi connectivity index (χ2n) is 7.94. The van der Waals surface area contributed by atoms with E-state index in [1.165, 1.54) is 11.1 Å². The SMILES string of the molecule is C/C(N)=C/C(CCCOCC1NCC[C@@H]1c1ccc(C)cc1)=C(\N)c1ncccn1. The number of nitrogens with two attached hydrogens (primary N) is 2. The first-order chi connectivity index (χ1) is 14.5. The summed E-state index contributed by atoms with van der Waals surface area (Å²) in [7, 11) is 0. The predicted octanol–water partition coefficient (Wildman–Crippen LogP) is 3.26. The lowest BCUT2D eigenvalue weighted by atomic mass is 9.92. The van der Waals surface area contributed by atoms with Crippen molar-refractivity contribution in [3.05, 3.63) is 77.0 Å². The molecule has 1 unspecified atom stereocenters. The van der Waals surface area contributed by atoms with Crippen LogP contribution in [0.1, 0.15) is 49.1 Å². The number of allylic oxidation sites excluding steroid dienone is 3. The Balaban J connectivity index is 1.51. The van der Waals surface area contributed by atoms with Crippen molar-refractivity contribution in [2.75, 3.05) is 19.8 Å². The van der Waals surface area contributed by atoms with Crippen LogP contribution in [0.4, 0.5) is 0 Å². The summed E-state index contributed by atoms with van der Waals surface area (Å²) in [6, 6.07) is 11.0. The summed E-state index contributed by atoms with van der Waals surface area (Å²) in [5.41, 5.74) is 17.1. The zero-order valence-electron chi connectivity index (χ0n) is 18.0. The Bertz CT molecular complexity index is 857. The smallest absolute Gasteiger partial charge is 0.175 e. The van der Waals surface area contributed by atoms with E-state index in [-0.39, 0.29) is 0 Å². The first-order valence-electron chi connectivity index (χ1n) is 10.6. The second-order valence-corrected chi connectivity index (χ2v) is 7.94. The van der Waals surface area contributed by atoms with Gasteiger partial charge in [0.2, 0.25) is 0 Å². The minimum Gasteiger partial charge on any atom is -0.402 e. The second kappa shape index (κ2) is 10.9. The van der Waals surface area contributed by atoms with E-state index >= 15 is 0 Å². The summed E-state index contributed by atoms with van der Waals surface area (Å²) in [5, 5.41) is 3.59. The van der Waals surface area contributed by atoms with Crippen molar-refractivity contribution >= 4 is 5.70 Å². The largest absolute Gasteiger partial charge is 0.402 e. The van der Waals surface area contributed by atoms with Crippen molar-refractivity contribution in [3.63, 3.8) is 0 Å². The average molecular weight is 408 g/mol. The maximum Gasteiger partial charge on any atom is 0.175 e. The zero-order chi connectivity index (χ0) is 21.3. The molecule has 1 saturated heterocycles. The highest BCUT2D eigenvalue weighted by Crippen LogP contribution is 2.28. The van der Waals surface area contributed by atoms with E-state index in [1.54, 1.807) is 18.5 Å². The molecule has 0 spiro atoms. The third-order valence-electron chi connectivity index (χ3n) is 5.44. The van der Waals surface area contributed by atoms with Gasteiger partial charge >= 0.3 is 0 Å². The van der Waals surface area contributed by atoms with E-state index < -0.39 is 0 Å². The topological polar surface area (TPSA) is 99.1 Å². The minimum absolute atomic E-state index is 0.358. The quantitative estimate of drug-likeness (QED) is 0.436. The molecule has 5 N–H and O–H groups in total. The molecule has 2 atom stereocenters. The Morgan fingerprint density at radius 2 is 1.93 bits per heavy atom. The molecule has 1 fully saturated rings. The van der Waals surface area contributed by atoms with Crippen molar-refractivity contribution in [2.24, 2.45) is 11.5 Å². The van der Waals surface area contributed by atoms with Crippen molar-refractivity contribution in [1.29, 1.82) is 0 Å². The Labute approximate surface area is 179 Å². The summed E-state index contributed by atoms with van der Waals surface area (Å²) in [4.78, 5) is 8.48. The van der Waals surface area contributed by atoms with Crippen LogP contribution in [0, 0.1) is 6.92 Å². The molecule has 0 radical (unpaired) electrons. The monoisotopic (exact) mass is 407 g/mol. The van der Waals surface area contributed by atoms with Crippen LogP contribution in [0.5, 0.6) is 0 Å². The van der Waals surface area contributed by atoms with Crippen molar-refractivity contribution in [1.82, 2.24) is 15.3 Å². The van der Waals surface area contributed by atoms with Crippen LogP contribution >= 0.6 is 0 Å². The average Bonchev–Trinajstić information content (AvgIpc) is 3.21. The molecule has 1 aliphatic rings. The highest BCUT2D eigenvalue weighted by molar-refractivity contribution is 5.63.